The van der Waals surface area contributed by atoms with Gasteiger partial charge in [0.1, 0.15) is 11.6 Å². The van der Waals surface area contributed by atoms with E-state index < -0.39 is 0 Å². The normalized spacial score (nSPS) is 10.1. The van der Waals surface area contributed by atoms with Crippen LogP contribution < -0.4 is 10.3 Å². The van der Waals surface area contributed by atoms with E-state index in [4.69, 9.17) is 4.74 Å². The summed E-state index contributed by atoms with van der Waals surface area (Å²) in [4.78, 5) is 18.4. The highest BCUT2D eigenvalue weighted by Gasteiger charge is 2.03. The van der Waals surface area contributed by atoms with E-state index in [0.29, 0.717) is 11.4 Å². The zero-order valence-electron chi connectivity index (χ0n) is 9.15. The predicted molar refractivity (Wildman–Crippen MR) is 61.6 cm³/mol. The summed E-state index contributed by atoms with van der Waals surface area (Å²) in [5.41, 5.74) is 1.26. The van der Waals surface area contributed by atoms with Gasteiger partial charge in [0.15, 0.2) is 0 Å². The van der Waals surface area contributed by atoms with Crippen molar-refractivity contribution >= 4 is 0 Å². The monoisotopic (exact) mass is 216 g/mol. The number of hydrogen-bond acceptors (Lipinski definition) is 3. The number of H-pyrrole nitrogens is 1. The standard InChI is InChI=1S/C12H12N2O2/c1-8-13-7-11(12(15)14-8)9-3-5-10(16-2)6-4-9/h3-7H,1-2H3,(H,13,14,15). The largest absolute Gasteiger partial charge is 0.497 e. The van der Waals surface area contributed by atoms with Gasteiger partial charge in [-0.15, -0.1) is 0 Å². The van der Waals surface area contributed by atoms with Crippen molar-refractivity contribution in [3.8, 4) is 16.9 Å². The molecule has 0 unspecified atom stereocenters. The van der Waals surface area contributed by atoms with Gasteiger partial charge in [-0.25, -0.2) is 4.98 Å². The zero-order chi connectivity index (χ0) is 11.5. The Balaban J connectivity index is 2.46. The predicted octanol–water partition coefficient (Wildman–Crippen LogP) is 1.75. The molecule has 0 aliphatic heterocycles. The number of aryl methyl sites for hydroxylation is 1. The van der Waals surface area contributed by atoms with Crippen molar-refractivity contribution in [3.63, 3.8) is 0 Å². The van der Waals surface area contributed by atoms with Crippen molar-refractivity contribution in [3.05, 3.63) is 46.6 Å². The van der Waals surface area contributed by atoms with Crippen molar-refractivity contribution in [2.45, 2.75) is 6.92 Å². The highest BCUT2D eigenvalue weighted by molar-refractivity contribution is 5.62. The maximum absolute atomic E-state index is 11.7. The van der Waals surface area contributed by atoms with Crippen molar-refractivity contribution in [1.82, 2.24) is 9.97 Å². The van der Waals surface area contributed by atoms with Crippen molar-refractivity contribution < 1.29 is 4.74 Å². The molecule has 4 nitrogen and oxygen atoms in total. The number of nitrogens with zero attached hydrogens (tertiary/aromatic N) is 1. The van der Waals surface area contributed by atoms with Crippen molar-refractivity contribution in [2.75, 3.05) is 7.11 Å². The van der Waals surface area contributed by atoms with E-state index in [1.54, 1.807) is 20.2 Å². The van der Waals surface area contributed by atoms with Crippen LogP contribution in [0, 0.1) is 6.92 Å². The quantitative estimate of drug-likeness (QED) is 0.832. The minimum Gasteiger partial charge on any atom is -0.497 e. The van der Waals surface area contributed by atoms with Crippen LogP contribution in [0.5, 0.6) is 5.75 Å². The molecular weight excluding hydrogens is 204 g/mol. The Labute approximate surface area is 92.9 Å². The number of nitrogens with one attached hydrogen (secondary N) is 1. The smallest absolute Gasteiger partial charge is 0.258 e. The molecule has 2 aromatic rings. The van der Waals surface area contributed by atoms with E-state index in [0.717, 1.165) is 11.3 Å². The molecule has 1 aromatic heterocycles. The van der Waals surface area contributed by atoms with Gasteiger partial charge in [-0.2, -0.15) is 0 Å². The molecule has 0 atom stereocenters. The zero-order valence-corrected chi connectivity index (χ0v) is 9.15. The van der Waals surface area contributed by atoms with Crippen LogP contribution in [-0.2, 0) is 0 Å². The summed E-state index contributed by atoms with van der Waals surface area (Å²) in [6.45, 7) is 1.75. The second kappa shape index (κ2) is 4.18. The molecule has 0 aliphatic rings. The Kier molecular flexibility index (Phi) is 2.72. The van der Waals surface area contributed by atoms with Crippen LogP contribution in [0.25, 0.3) is 11.1 Å². The number of aromatic amines is 1. The molecule has 0 fully saturated rings. The van der Waals surface area contributed by atoms with Crippen LogP contribution in [0.2, 0.25) is 0 Å². The van der Waals surface area contributed by atoms with Crippen molar-refractivity contribution in [2.24, 2.45) is 0 Å². The lowest BCUT2D eigenvalue weighted by Gasteiger charge is -2.02. The van der Waals surface area contributed by atoms with E-state index in [9.17, 15) is 4.79 Å². The summed E-state index contributed by atoms with van der Waals surface area (Å²) in [7, 11) is 1.61. The van der Waals surface area contributed by atoms with Gasteiger partial charge >= 0.3 is 0 Å². The molecular formula is C12H12N2O2. The first-order valence-corrected chi connectivity index (χ1v) is 4.91. The molecule has 2 rings (SSSR count). The van der Waals surface area contributed by atoms with E-state index >= 15 is 0 Å². The summed E-state index contributed by atoms with van der Waals surface area (Å²) in [6, 6.07) is 7.30. The molecule has 0 radical (unpaired) electrons. The summed E-state index contributed by atoms with van der Waals surface area (Å²) < 4.78 is 5.05. The first-order valence-electron chi connectivity index (χ1n) is 4.91. The first kappa shape index (κ1) is 10.4. The first-order chi connectivity index (χ1) is 7.70. The molecule has 82 valence electrons. The minimum atomic E-state index is -0.127. The Morgan fingerprint density at radius 2 is 1.94 bits per heavy atom. The number of benzene rings is 1. The molecule has 0 amide bonds. The van der Waals surface area contributed by atoms with Crippen LogP contribution in [0.3, 0.4) is 0 Å². The fourth-order valence-electron chi connectivity index (χ4n) is 1.46. The molecule has 0 aliphatic carbocycles. The highest BCUT2D eigenvalue weighted by Crippen LogP contribution is 2.18. The average molecular weight is 216 g/mol. The Bertz CT molecular complexity index is 544. The van der Waals surface area contributed by atoms with Gasteiger partial charge in [0.05, 0.1) is 12.7 Å². The molecule has 0 saturated heterocycles. The lowest BCUT2D eigenvalue weighted by molar-refractivity contribution is 0.415. The fraction of sp³-hybridized carbons (Fsp3) is 0.167. The summed E-state index contributed by atoms with van der Waals surface area (Å²) >= 11 is 0. The van der Waals surface area contributed by atoms with Gasteiger partial charge in [-0.05, 0) is 24.6 Å². The minimum absolute atomic E-state index is 0.127. The fourth-order valence-corrected chi connectivity index (χ4v) is 1.46. The third kappa shape index (κ3) is 1.95. The number of hydrogen-bond donors (Lipinski definition) is 1. The molecule has 0 spiro atoms. The van der Waals surface area contributed by atoms with Crippen molar-refractivity contribution in [1.29, 1.82) is 0 Å². The van der Waals surface area contributed by atoms with Gasteiger partial charge < -0.3 is 9.72 Å². The molecule has 0 saturated carbocycles. The van der Waals surface area contributed by atoms with Gasteiger partial charge in [-0.3, -0.25) is 4.79 Å². The van der Waals surface area contributed by atoms with E-state index in [2.05, 4.69) is 9.97 Å². The van der Waals surface area contributed by atoms with Crippen LogP contribution in [0.1, 0.15) is 5.82 Å². The second-order valence-corrected chi connectivity index (χ2v) is 3.44. The van der Waals surface area contributed by atoms with Gasteiger partial charge in [0.25, 0.3) is 5.56 Å². The number of aromatic nitrogens is 2. The Hall–Kier alpha value is -2.10. The molecule has 1 heterocycles. The number of rotatable bonds is 2. The molecule has 4 heteroatoms. The number of ether oxygens (including phenoxy) is 1. The lowest BCUT2D eigenvalue weighted by atomic mass is 10.1. The third-order valence-corrected chi connectivity index (χ3v) is 2.33. The Morgan fingerprint density at radius 3 is 2.50 bits per heavy atom. The highest BCUT2D eigenvalue weighted by atomic mass is 16.5. The number of methoxy groups -OCH3 is 1. The maximum Gasteiger partial charge on any atom is 0.258 e. The van der Waals surface area contributed by atoms with E-state index in [-0.39, 0.29) is 5.56 Å². The van der Waals surface area contributed by atoms with Gasteiger partial charge in [0.2, 0.25) is 0 Å². The van der Waals surface area contributed by atoms with E-state index in [1.165, 1.54) is 0 Å². The summed E-state index contributed by atoms with van der Waals surface area (Å²) in [6.07, 6.45) is 1.58. The second-order valence-electron chi connectivity index (χ2n) is 3.44. The summed E-state index contributed by atoms with van der Waals surface area (Å²) in [5, 5.41) is 0. The molecule has 16 heavy (non-hydrogen) atoms. The maximum atomic E-state index is 11.7. The molecule has 0 bridgehead atoms. The topological polar surface area (TPSA) is 55.0 Å². The van der Waals surface area contributed by atoms with Gasteiger partial charge in [0, 0.05) is 6.20 Å². The average Bonchev–Trinajstić information content (AvgIpc) is 2.29. The van der Waals surface area contributed by atoms with Crippen LogP contribution in [0.4, 0.5) is 0 Å². The summed E-state index contributed by atoms with van der Waals surface area (Å²) in [5.74, 6) is 1.38. The Morgan fingerprint density at radius 1 is 1.25 bits per heavy atom. The van der Waals surface area contributed by atoms with E-state index in [1.807, 2.05) is 24.3 Å². The van der Waals surface area contributed by atoms with Crippen LogP contribution in [-0.4, -0.2) is 17.1 Å². The molecule has 1 N–H and O–H groups in total. The third-order valence-electron chi connectivity index (χ3n) is 2.33. The molecule has 1 aromatic carbocycles. The lowest BCUT2D eigenvalue weighted by Crippen LogP contribution is -2.11. The SMILES string of the molecule is COc1ccc(-c2cnc(C)[nH]c2=O)cc1. The van der Waals surface area contributed by atoms with Gasteiger partial charge in [-0.1, -0.05) is 12.1 Å². The van der Waals surface area contributed by atoms with Crippen LogP contribution >= 0.6 is 0 Å². The van der Waals surface area contributed by atoms with Crippen LogP contribution in [0.15, 0.2) is 35.3 Å².